The molecule has 0 aromatic carbocycles. The van der Waals surface area contributed by atoms with Crippen molar-refractivity contribution < 1.29 is 4.74 Å². The van der Waals surface area contributed by atoms with Crippen molar-refractivity contribution in [3.05, 3.63) is 16.0 Å². The van der Waals surface area contributed by atoms with Crippen LogP contribution in [0, 0.1) is 6.92 Å². The van der Waals surface area contributed by atoms with Crippen molar-refractivity contribution in [2.45, 2.75) is 31.9 Å². The molecule has 2 unspecified atom stereocenters. The summed E-state index contributed by atoms with van der Waals surface area (Å²) in [6, 6.07) is 0.608. The largest absolute Gasteiger partial charge is 0.372 e. The maximum atomic E-state index is 5.96. The molecule has 3 heterocycles. The van der Waals surface area contributed by atoms with E-state index in [-0.39, 0.29) is 6.10 Å². The number of nitrogens with one attached hydrogen (secondary N) is 1. The van der Waals surface area contributed by atoms with Crippen molar-refractivity contribution in [2.75, 3.05) is 32.1 Å². The van der Waals surface area contributed by atoms with E-state index >= 15 is 0 Å². The van der Waals surface area contributed by atoms with Crippen LogP contribution in [0.5, 0.6) is 0 Å². The Bertz CT molecular complexity index is 482. The summed E-state index contributed by atoms with van der Waals surface area (Å²) in [5, 5.41) is 3.09. The summed E-state index contributed by atoms with van der Waals surface area (Å²) >= 11 is 3.50. The minimum atomic E-state index is -0.00625. The van der Waals surface area contributed by atoms with Crippen LogP contribution in [0.2, 0.25) is 0 Å². The van der Waals surface area contributed by atoms with E-state index in [0.717, 1.165) is 35.0 Å². The summed E-state index contributed by atoms with van der Waals surface area (Å²) in [6.45, 7) is 4.88. The molecule has 0 saturated carbocycles. The van der Waals surface area contributed by atoms with E-state index in [1.54, 1.807) is 0 Å². The van der Waals surface area contributed by atoms with Crippen LogP contribution < -0.4 is 5.32 Å². The molecule has 2 aliphatic rings. The van der Waals surface area contributed by atoms with Gasteiger partial charge in [-0.15, -0.1) is 0 Å². The first-order valence-electron chi connectivity index (χ1n) is 6.76. The Hall–Kier alpha value is -0.720. The number of rotatable bonds is 2. The Labute approximate surface area is 121 Å². The standard InChI is InChI=1S/C13H19BrN4O/c1-8-11(14)13(15-2)17-12(16-8)10-6-18-5-3-4-9(18)7-19-10/h9-10H,3-7H2,1-2H3,(H,15,16,17). The first-order chi connectivity index (χ1) is 9.19. The Kier molecular flexibility index (Phi) is 3.73. The molecule has 19 heavy (non-hydrogen) atoms. The lowest BCUT2D eigenvalue weighted by Crippen LogP contribution is -2.42. The zero-order valence-corrected chi connectivity index (χ0v) is 12.9. The maximum absolute atomic E-state index is 5.96. The summed E-state index contributed by atoms with van der Waals surface area (Å²) in [5.74, 6) is 1.62. The Balaban J connectivity index is 1.84. The minimum Gasteiger partial charge on any atom is -0.372 e. The number of hydrogen-bond donors (Lipinski definition) is 1. The molecule has 0 aliphatic carbocycles. The van der Waals surface area contributed by atoms with Gasteiger partial charge in [0.05, 0.1) is 16.8 Å². The van der Waals surface area contributed by atoms with E-state index in [2.05, 4.69) is 36.1 Å². The SMILES string of the molecule is CNc1nc(C2CN3CCCC3CO2)nc(C)c1Br. The number of aromatic nitrogens is 2. The molecule has 2 aliphatic heterocycles. The van der Waals surface area contributed by atoms with Gasteiger partial charge in [-0.25, -0.2) is 9.97 Å². The molecular formula is C13H19BrN4O. The summed E-state index contributed by atoms with van der Waals surface area (Å²) in [4.78, 5) is 11.6. The maximum Gasteiger partial charge on any atom is 0.161 e. The molecular weight excluding hydrogens is 308 g/mol. The zero-order chi connectivity index (χ0) is 13.4. The van der Waals surface area contributed by atoms with E-state index in [4.69, 9.17) is 4.74 Å². The average Bonchev–Trinajstić information content (AvgIpc) is 2.89. The molecule has 2 saturated heterocycles. The minimum absolute atomic E-state index is 0.00625. The molecule has 0 radical (unpaired) electrons. The van der Waals surface area contributed by atoms with Gasteiger partial charge >= 0.3 is 0 Å². The highest BCUT2D eigenvalue weighted by Gasteiger charge is 2.34. The number of aryl methyl sites for hydroxylation is 1. The van der Waals surface area contributed by atoms with Gasteiger partial charge in [-0.05, 0) is 42.2 Å². The van der Waals surface area contributed by atoms with Crippen LogP contribution in [0.4, 0.5) is 5.82 Å². The van der Waals surface area contributed by atoms with Crippen LogP contribution in [0.25, 0.3) is 0 Å². The highest BCUT2D eigenvalue weighted by atomic mass is 79.9. The molecule has 2 fully saturated rings. The van der Waals surface area contributed by atoms with Crippen molar-refractivity contribution in [2.24, 2.45) is 0 Å². The van der Waals surface area contributed by atoms with Crippen LogP contribution in [0.3, 0.4) is 0 Å². The number of halogens is 1. The summed E-state index contributed by atoms with van der Waals surface area (Å²) in [6.07, 6.45) is 2.53. The van der Waals surface area contributed by atoms with Gasteiger partial charge in [0.2, 0.25) is 0 Å². The van der Waals surface area contributed by atoms with Crippen molar-refractivity contribution in [3.63, 3.8) is 0 Å². The summed E-state index contributed by atoms with van der Waals surface area (Å²) in [5.41, 5.74) is 0.946. The molecule has 0 amide bonds. The lowest BCUT2D eigenvalue weighted by Gasteiger charge is -2.34. The highest BCUT2D eigenvalue weighted by molar-refractivity contribution is 9.10. The van der Waals surface area contributed by atoms with E-state index in [1.807, 2.05) is 14.0 Å². The Morgan fingerprint density at radius 3 is 3.05 bits per heavy atom. The first kappa shape index (κ1) is 13.3. The second-order valence-electron chi connectivity index (χ2n) is 5.19. The topological polar surface area (TPSA) is 50.3 Å². The molecule has 2 atom stereocenters. The number of fused-ring (bicyclic) bond motifs is 1. The van der Waals surface area contributed by atoms with E-state index < -0.39 is 0 Å². The quantitative estimate of drug-likeness (QED) is 0.902. The Morgan fingerprint density at radius 1 is 1.42 bits per heavy atom. The lowest BCUT2D eigenvalue weighted by molar-refractivity contribution is -0.0541. The fourth-order valence-corrected chi connectivity index (χ4v) is 3.24. The molecule has 1 aromatic rings. The van der Waals surface area contributed by atoms with E-state index in [0.29, 0.717) is 6.04 Å². The Morgan fingerprint density at radius 2 is 2.26 bits per heavy atom. The van der Waals surface area contributed by atoms with Gasteiger partial charge in [0.25, 0.3) is 0 Å². The predicted octanol–water partition coefficient (Wildman–Crippen LogP) is 2.12. The number of hydrogen-bond acceptors (Lipinski definition) is 5. The third-order valence-electron chi connectivity index (χ3n) is 3.95. The smallest absolute Gasteiger partial charge is 0.161 e. The summed E-state index contributed by atoms with van der Waals surface area (Å²) in [7, 11) is 1.87. The molecule has 6 heteroatoms. The van der Waals surface area contributed by atoms with Crippen LogP contribution in [-0.2, 0) is 4.74 Å². The van der Waals surface area contributed by atoms with Gasteiger partial charge in [-0.3, -0.25) is 4.90 Å². The highest BCUT2D eigenvalue weighted by Crippen LogP contribution is 2.31. The van der Waals surface area contributed by atoms with Gasteiger partial charge in [0.15, 0.2) is 5.82 Å². The number of anilines is 1. The van der Waals surface area contributed by atoms with E-state index in [9.17, 15) is 0 Å². The fourth-order valence-electron chi connectivity index (χ4n) is 2.86. The molecule has 1 N–H and O–H groups in total. The van der Waals surface area contributed by atoms with E-state index in [1.165, 1.54) is 19.4 Å². The van der Waals surface area contributed by atoms with Crippen LogP contribution in [-0.4, -0.2) is 47.7 Å². The van der Waals surface area contributed by atoms with Gasteiger partial charge in [-0.1, -0.05) is 0 Å². The molecule has 0 bridgehead atoms. The fraction of sp³-hybridized carbons (Fsp3) is 0.692. The lowest BCUT2D eigenvalue weighted by atomic mass is 10.2. The van der Waals surface area contributed by atoms with Gasteiger partial charge < -0.3 is 10.1 Å². The first-order valence-corrected chi connectivity index (χ1v) is 7.55. The van der Waals surface area contributed by atoms with Crippen molar-refractivity contribution >= 4 is 21.7 Å². The monoisotopic (exact) mass is 326 g/mol. The normalized spacial score (nSPS) is 27.3. The molecule has 104 valence electrons. The average molecular weight is 327 g/mol. The third kappa shape index (κ3) is 2.49. The third-order valence-corrected chi connectivity index (χ3v) is 4.90. The van der Waals surface area contributed by atoms with Crippen molar-refractivity contribution in [1.29, 1.82) is 0 Å². The van der Waals surface area contributed by atoms with Gasteiger partial charge in [-0.2, -0.15) is 0 Å². The second-order valence-corrected chi connectivity index (χ2v) is 5.99. The number of nitrogens with zero attached hydrogens (tertiary/aromatic N) is 3. The van der Waals surface area contributed by atoms with Gasteiger partial charge in [0.1, 0.15) is 11.9 Å². The van der Waals surface area contributed by atoms with Gasteiger partial charge in [0, 0.05) is 19.6 Å². The number of ether oxygens (including phenoxy) is 1. The summed E-state index contributed by atoms with van der Waals surface area (Å²) < 4.78 is 6.89. The van der Waals surface area contributed by atoms with Crippen LogP contribution in [0.15, 0.2) is 4.47 Å². The zero-order valence-electron chi connectivity index (χ0n) is 11.3. The predicted molar refractivity (Wildman–Crippen MR) is 77.3 cm³/mol. The van der Waals surface area contributed by atoms with Crippen molar-refractivity contribution in [3.8, 4) is 0 Å². The molecule has 1 aromatic heterocycles. The van der Waals surface area contributed by atoms with Crippen LogP contribution >= 0.6 is 15.9 Å². The molecule has 3 rings (SSSR count). The number of morpholine rings is 1. The van der Waals surface area contributed by atoms with Crippen molar-refractivity contribution in [1.82, 2.24) is 14.9 Å². The van der Waals surface area contributed by atoms with Crippen LogP contribution in [0.1, 0.15) is 30.5 Å². The molecule has 0 spiro atoms. The second kappa shape index (κ2) is 5.34. The molecule has 5 nitrogen and oxygen atoms in total.